The molecular weight excluding hydrogens is 224 g/mol. The lowest BCUT2D eigenvalue weighted by Crippen LogP contribution is -2.26. The molecule has 5 heteroatoms. The van der Waals surface area contributed by atoms with Gasteiger partial charge in [-0.3, -0.25) is 0 Å². The van der Waals surface area contributed by atoms with Crippen LogP contribution in [0.5, 0.6) is 0 Å². The Morgan fingerprint density at radius 3 is 2.38 bits per heavy atom. The molecule has 0 saturated carbocycles. The van der Waals surface area contributed by atoms with Gasteiger partial charge in [0.25, 0.3) is 0 Å². The molecule has 0 aliphatic heterocycles. The van der Waals surface area contributed by atoms with Crippen molar-refractivity contribution in [3.05, 3.63) is 12.7 Å². The van der Waals surface area contributed by atoms with Gasteiger partial charge in [0, 0.05) is 6.54 Å². The quantitative estimate of drug-likeness (QED) is 0.427. The minimum Gasteiger partial charge on any atom is -0.317 e. The highest BCUT2D eigenvalue weighted by molar-refractivity contribution is 7.88. The zero-order valence-corrected chi connectivity index (χ0v) is 11.0. The van der Waals surface area contributed by atoms with Gasteiger partial charge in [0.15, 0.2) is 0 Å². The summed E-state index contributed by atoms with van der Waals surface area (Å²) < 4.78 is 23.9. The summed E-state index contributed by atoms with van der Waals surface area (Å²) in [5.41, 5.74) is 0. The molecule has 96 valence electrons. The highest BCUT2D eigenvalue weighted by atomic mass is 32.2. The van der Waals surface area contributed by atoms with E-state index in [4.69, 9.17) is 0 Å². The van der Waals surface area contributed by atoms with Crippen molar-refractivity contribution in [3.63, 3.8) is 0 Å². The van der Waals surface area contributed by atoms with Gasteiger partial charge in [-0.15, -0.1) is 6.58 Å². The van der Waals surface area contributed by atoms with Crippen LogP contribution in [0, 0.1) is 0 Å². The van der Waals surface area contributed by atoms with Crippen LogP contribution in [0.25, 0.3) is 0 Å². The van der Waals surface area contributed by atoms with Crippen molar-refractivity contribution in [2.75, 3.05) is 25.9 Å². The molecule has 0 spiro atoms. The molecule has 16 heavy (non-hydrogen) atoms. The van der Waals surface area contributed by atoms with Gasteiger partial charge in [-0.1, -0.05) is 12.5 Å². The maximum atomic E-state index is 10.7. The molecule has 0 aromatic rings. The van der Waals surface area contributed by atoms with E-state index < -0.39 is 10.0 Å². The van der Waals surface area contributed by atoms with E-state index >= 15 is 0 Å². The van der Waals surface area contributed by atoms with Gasteiger partial charge < -0.3 is 5.32 Å². The van der Waals surface area contributed by atoms with Crippen molar-refractivity contribution in [2.24, 2.45) is 0 Å². The summed E-state index contributed by atoms with van der Waals surface area (Å²) in [6.45, 7) is 6.07. The maximum absolute atomic E-state index is 10.7. The summed E-state index contributed by atoms with van der Waals surface area (Å²) in [5.74, 6) is 0. The molecule has 0 radical (unpaired) electrons. The van der Waals surface area contributed by atoms with Crippen LogP contribution in [-0.4, -0.2) is 34.3 Å². The van der Waals surface area contributed by atoms with Crippen LogP contribution in [0.3, 0.4) is 0 Å². The van der Waals surface area contributed by atoms with Gasteiger partial charge in [0.05, 0.1) is 6.26 Å². The van der Waals surface area contributed by atoms with Gasteiger partial charge in [-0.05, 0) is 38.8 Å². The molecule has 0 aromatic heterocycles. The molecule has 0 atom stereocenters. The Morgan fingerprint density at radius 1 is 1.06 bits per heavy atom. The maximum Gasteiger partial charge on any atom is 0.208 e. The SMILES string of the molecule is C=CCCCCCNCCCNS(C)(=O)=O. The van der Waals surface area contributed by atoms with Gasteiger partial charge in [-0.2, -0.15) is 0 Å². The fourth-order valence-electron chi connectivity index (χ4n) is 1.31. The fourth-order valence-corrected chi connectivity index (χ4v) is 1.83. The second-order valence-electron chi connectivity index (χ2n) is 3.91. The summed E-state index contributed by atoms with van der Waals surface area (Å²) in [5, 5.41) is 3.29. The number of sulfonamides is 1. The first-order valence-corrected chi connectivity index (χ1v) is 7.71. The molecule has 0 aliphatic rings. The molecule has 0 heterocycles. The fraction of sp³-hybridized carbons (Fsp3) is 0.818. The van der Waals surface area contributed by atoms with Crippen LogP contribution in [0.15, 0.2) is 12.7 Å². The Labute approximate surface area is 99.6 Å². The molecular formula is C11H24N2O2S. The number of rotatable bonds is 11. The van der Waals surface area contributed by atoms with Crippen molar-refractivity contribution in [2.45, 2.75) is 32.1 Å². The molecule has 0 fully saturated rings. The van der Waals surface area contributed by atoms with Gasteiger partial charge in [0.2, 0.25) is 10.0 Å². The normalized spacial score (nSPS) is 11.6. The number of unbranched alkanes of at least 4 members (excludes halogenated alkanes) is 3. The monoisotopic (exact) mass is 248 g/mol. The molecule has 0 aromatic carbocycles. The third-order valence-electron chi connectivity index (χ3n) is 2.16. The summed E-state index contributed by atoms with van der Waals surface area (Å²) in [7, 11) is -3.02. The third-order valence-corrected chi connectivity index (χ3v) is 2.88. The third kappa shape index (κ3) is 13.6. The van der Waals surface area contributed by atoms with Crippen molar-refractivity contribution in [1.29, 1.82) is 0 Å². The predicted octanol–water partition coefficient (Wildman–Crippen LogP) is 1.26. The van der Waals surface area contributed by atoms with E-state index in [2.05, 4.69) is 16.6 Å². The summed E-state index contributed by atoms with van der Waals surface area (Å²) >= 11 is 0. The standard InChI is InChI=1S/C11H24N2O2S/c1-3-4-5-6-7-9-12-10-8-11-13-16(2,14)15/h3,12-13H,1,4-11H2,2H3. The lowest BCUT2D eigenvalue weighted by Gasteiger charge is -2.04. The van der Waals surface area contributed by atoms with E-state index in [-0.39, 0.29) is 0 Å². The summed E-state index contributed by atoms with van der Waals surface area (Å²) in [4.78, 5) is 0. The van der Waals surface area contributed by atoms with Crippen LogP contribution in [0.1, 0.15) is 32.1 Å². The molecule has 0 rings (SSSR count). The van der Waals surface area contributed by atoms with Crippen LogP contribution >= 0.6 is 0 Å². The Balaban J connectivity index is 3.07. The lowest BCUT2D eigenvalue weighted by molar-refractivity contribution is 0.570. The minimum absolute atomic E-state index is 0.516. The Kier molecular flexibility index (Phi) is 9.57. The lowest BCUT2D eigenvalue weighted by atomic mass is 10.2. The Morgan fingerprint density at radius 2 is 1.75 bits per heavy atom. The highest BCUT2D eigenvalue weighted by Crippen LogP contribution is 1.98. The average molecular weight is 248 g/mol. The zero-order valence-electron chi connectivity index (χ0n) is 10.2. The number of hydrogen-bond donors (Lipinski definition) is 2. The second-order valence-corrected chi connectivity index (χ2v) is 5.74. The van der Waals surface area contributed by atoms with Crippen LogP contribution < -0.4 is 10.0 Å². The topological polar surface area (TPSA) is 58.2 Å². The van der Waals surface area contributed by atoms with E-state index in [1.807, 2.05) is 6.08 Å². The molecule has 0 amide bonds. The zero-order chi connectivity index (χ0) is 12.3. The Hall–Kier alpha value is -0.390. The minimum atomic E-state index is -3.02. The van der Waals surface area contributed by atoms with E-state index in [0.717, 1.165) is 25.9 Å². The van der Waals surface area contributed by atoms with Gasteiger partial charge >= 0.3 is 0 Å². The van der Waals surface area contributed by atoms with Crippen molar-refractivity contribution in [3.8, 4) is 0 Å². The molecule has 2 N–H and O–H groups in total. The van der Waals surface area contributed by atoms with E-state index in [0.29, 0.717) is 6.54 Å². The number of nitrogens with one attached hydrogen (secondary N) is 2. The largest absolute Gasteiger partial charge is 0.317 e. The Bertz CT molecular complexity index is 263. The van der Waals surface area contributed by atoms with Gasteiger partial charge in [-0.25, -0.2) is 13.1 Å². The first-order chi connectivity index (χ1) is 7.56. The molecule has 0 aliphatic carbocycles. The first-order valence-electron chi connectivity index (χ1n) is 5.82. The molecule has 0 saturated heterocycles. The first kappa shape index (κ1) is 15.6. The van der Waals surface area contributed by atoms with E-state index in [1.54, 1.807) is 0 Å². The smallest absolute Gasteiger partial charge is 0.208 e. The van der Waals surface area contributed by atoms with E-state index in [9.17, 15) is 8.42 Å². The summed E-state index contributed by atoms with van der Waals surface area (Å²) in [6.07, 6.45) is 8.66. The molecule has 0 bridgehead atoms. The van der Waals surface area contributed by atoms with Crippen LogP contribution in [-0.2, 0) is 10.0 Å². The van der Waals surface area contributed by atoms with Crippen molar-refractivity contribution in [1.82, 2.24) is 10.0 Å². The average Bonchev–Trinajstić information content (AvgIpc) is 2.19. The highest BCUT2D eigenvalue weighted by Gasteiger charge is 1.97. The van der Waals surface area contributed by atoms with Crippen molar-refractivity contribution >= 4 is 10.0 Å². The second kappa shape index (κ2) is 9.81. The molecule has 4 nitrogen and oxygen atoms in total. The van der Waals surface area contributed by atoms with Gasteiger partial charge in [0.1, 0.15) is 0 Å². The summed E-state index contributed by atoms with van der Waals surface area (Å²) in [6, 6.07) is 0. The molecule has 0 unspecified atom stereocenters. The van der Waals surface area contributed by atoms with Crippen molar-refractivity contribution < 1.29 is 8.42 Å². The number of allylic oxidation sites excluding steroid dienone is 1. The predicted molar refractivity (Wildman–Crippen MR) is 69.0 cm³/mol. The van der Waals surface area contributed by atoms with E-state index in [1.165, 1.54) is 25.5 Å². The van der Waals surface area contributed by atoms with Crippen LogP contribution in [0.2, 0.25) is 0 Å². The van der Waals surface area contributed by atoms with Crippen LogP contribution in [0.4, 0.5) is 0 Å². The number of hydrogen-bond acceptors (Lipinski definition) is 3.